The van der Waals surface area contributed by atoms with Crippen molar-refractivity contribution in [2.45, 2.75) is 19.1 Å². The second kappa shape index (κ2) is 5.86. The van der Waals surface area contributed by atoms with Crippen molar-refractivity contribution in [1.82, 2.24) is 14.9 Å². The quantitative estimate of drug-likeness (QED) is 0.940. The van der Waals surface area contributed by atoms with Crippen LogP contribution in [0.15, 0.2) is 41.4 Å². The number of rotatable bonds is 4. The van der Waals surface area contributed by atoms with Crippen LogP contribution in [0.5, 0.6) is 0 Å². The normalized spacial score (nSPS) is 18.9. The van der Waals surface area contributed by atoms with Gasteiger partial charge in [-0.25, -0.2) is 4.98 Å². The number of ether oxygens (including phenoxy) is 1. The molecule has 0 bridgehead atoms. The Morgan fingerprint density at radius 1 is 1.37 bits per heavy atom. The first kappa shape index (κ1) is 12.8. The van der Waals surface area contributed by atoms with Gasteiger partial charge in [0.25, 0.3) is 0 Å². The standard InChI is InChI=1S/C14H16BrN3O/c15-14-8-18(10-17-14)12-3-1-11(2-4-12)9-19-13-5-6-16-7-13/h1-4,8,10,13,16H,5-7,9H2. The topological polar surface area (TPSA) is 39.1 Å². The fourth-order valence-corrected chi connectivity index (χ4v) is 2.50. The summed E-state index contributed by atoms with van der Waals surface area (Å²) >= 11 is 3.35. The van der Waals surface area contributed by atoms with Gasteiger partial charge in [-0.05, 0) is 46.6 Å². The van der Waals surface area contributed by atoms with Crippen molar-refractivity contribution >= 4 is 15.9 Å². The van der Waals surface area contributed by atoms with Crippen LogP contribution in [-0.4, -0.2) is 28.7 Å². The Hall–Kier alpha value is -1.17. The summed E-state index contributed by atoms with van der Waals surface area (Å²) in [6.45, 7) is 2.72. The molecule has 0 saturated carbocycles. The number of aromatic nitrogens is 2. The Labute approximate surface area is 120 Å². The summed E-state index contributed by atoms with van der Waals surface area (Å²) < 4.78 is 8.67. The van der Waals surface area contributed by atoms with Crippen LogP contribution in [0.3, 0.4) is 0 Å². The second-order valence-corrected chi connectivity index (χ2v) is 5.51. The van der Waals surface area contributed by atoms with Crippen molar-refractivity contribution in [3.8, 4) is 5.69 Å². The minimum Gasteiger partial charge on any atom is -0.372 e. The summed E-state index contributed by atoms with van der Waals surface area (Å²) in [6.07, 6.45) is 5.21. The highest BCUT2D eigenvalue weighted by atomic mass is 79.9. The summed E-state index contributed by atoms with van der Waals surface area (Å²) in [7, 11) is 0. The molecule has 1 saturated heterocycles. The molecule has 1 atom stereocenters. The van der Waals surface area contributed by atoms with E-state index in [1.54, 1.807) is 6.33 Å². The zero-order valence-corrected chi connectivity index (χ0v) is 12.1. The molecule has 2 aromatic rings. The molecule has 1 aromatic carbocycles. The molecule has 100 valence electrons. The van der Waals surface area contributed by atoms with Gasteiger partial charge < -0.3 is 14.6 Å². The second-order valence-electron chi connectivity index (χ2n) is 4.70. The molecule has 1 aliphatic heterocycles. The van der Waals surface area contributed by atoms with Crippen molar-refractivity contribution in [2.75, 3.05) is 13.1 Å². The Morgan fingerprint density at radius 3 is 2.84 bits per heavy atom. The molecular formula is C14H16BrN3O. The van der Waals surface area contributed by atoms with E-state index in [0.717, 1.165) is 29.8 Å². The van der Waals surface area contributed by atoms with Gasteiger partial charge in [0.1, 0.15) is 10.9 Å². The van der Waals surface area contributed by atoms with E-state index in [9.17, 15) is 0 Å². The monoisotopic (exact) mass is 321 g/mol. The lowest BCUT2D eigenvalue weighted by molar-refractivity contribution is 0.0542. The zero-order chi connectivity index (χ0) is 13.1. The number of halogens is 1. The van der Waals surface area contributed by atoms with Crippen molar-refractivity contribution in [1.29, 1.82) is 0 Å². The number of imidazole rings is 1. The number of hydrogen-bond donors (Lipinski definition) is 1. The largest absolute Gasteiger partial charge is 0.372 e. The van der Waals surface area contributed by atoms with E-state index in [1.165, 1.54) is 5.56 Å². The molecule has 4 nitrogen and oxygen atoms in total. The first-order chi connectivity index (χ1) is 9.31. The molecule has 0 aliphatic carbocycles. The van der Waals surface area contributed by atoms with Crippen LogP contribution in [0.1, 0.15) is 12.0 Å². The first-order valence-corrected chi connectivity index (χ1v) is 7.22. The maximum absolute atomic E-state index is 5.85. The summed E-state index contributed by atoms with van der Waals surface area (Å²) in [5, 5.41) is 3.30. The lowest BCUT2D eigenvalue weighted by Crippen LogP contribution is -2.16. The predicted molar refractivity (Wildman–Crippen MR) is 77.3 cm³/mol. The van der Waals surface area contributed by atoms with E-state index in [2.05, 4.69) is 50.5 Å². The highest BCUT2D eigenvalue weighted by molar-refractivity contribution is 9.10. The molecule has 19 heavy (non-hydrogen) atoms. The molecule has 1 N–H and O–H groups in total. The average Bonchev–Trinajstić information content (AvgIpc) is 3.08. The molecular weight excluding hydrogens is 306 g/mol. The summed E-state index contributed by atoms with van der Waals surface area (Å²) in [6, 6.07) is 8.37. The van der Waals surface area contributed by atoms with E-state index in [-0.39, 0.29) is 0 Å². The van der Waals surface area contributed by atoms with E-state index in [0.29, 0.717) is 12.7 Å². The number of benzene rings is 1. The minimum absolute atomic E-state index is 0.365. The van der Waals surface area contributed by atoms with Crippen molar-refractivity contribution in [3.05, 3.63) is 47.0 Å². The van der Waals surface area contributed by atoms with Crippen LogP contribution >= 0.6 is 15.9 Å². The van der Waals surface area contributed by atoms with E-state index >= 15 is 0 Å². The molecule has 2 heterocycles. The molecule has 0 amide bonds. The fourth-order valence-electron chi connectivity index (χ4n) is 2.19. The third kappa shape index (κ3) is 3.23. The molecule has 0 spiro atoms. The van der Waals surface area contributed by atoms with Gasteiger partial charge in [-0.1, -0.05) is 12.1 Å². The van der Waals surface area contributed by atoms with Gasteiger partial charge in [0.15, 0.2) is 0 Å². The molecule has 1 fully saturated rings. The Kier molecular flexibility index (Phi) is 3.96. The van der Waals surface area contributed by atoms with Crippen LogP contribution in [-0.2, 0) is 11.3 Å². The SMILES string of the molecule is Brc1cn(-c2ccc(COC3CCNC3)cc2)cn1. The smallest absolute Gasteiger partial charge is 0.124 e. The van der Waals surface area contributed by atoms with Gasteiger partial charge in [-0.3, -0.25) is 0 Å². The van der Waals surface area contributed by atoms with Crippen LogP contribution in [0.25, 0.3) is 5.69 Å². The zero-order valence-electron chi connectivity index (χ0n) is 10.6. The summed E-state index contributed by atoms with van der Waals surface area (Å²) in [5.41, 5.74) is 2.30. The Morgan fingerprint density at radius 2 is 2.21 bits per heavy atom. The Bertz CT molecular complexity index is 532. The summed E-state index contributed by atoms with van der Waals surface area (Å²) in [4.78, 5) is 4.15. The van der Waals surface area contributed by atoms with Crippen LogP contribution in [0.4, 0.5) is 0 Å². The predicted octanol–water partition coefficient (Wildman–Crippen LogP) is 2.51. The minimum atomic E-state index is 0.365. The van der Waals surface area contributed by atoms with Gasteiger partial charge >= 0.3 is 0 Å². The molecule has 1 aromatic heterocycles. The van der Waals surface area contributed by atoms with Crippen molar-refractivity contribution < 1.29 is 4.74 Å². The average molecular weight is 322 g/mol. The van der Waals surface area contributed by atoms with Gasteiger partial charge in [-0.2, -0.15) is 0 Å². The highest BCUT2D eigenvalue weighted by Gasteiger charge is 2.14. The van der Waals surface area contributed by atoms with Crippen LogP contribution < -0.4 is 5.32 Å². The third-order valence-corrected chi connectivity index (χ3v) is 3.70. The molecule has 1 aliphatic rings. The first-order valence-electron chi connectivity index (χ1n) is 6.42. The third-order valence-electron chi connectivity index (χ3n) is 3.29. The summed E-state index contributed by atoms with van der Waals surface area (Å²) in [5.74, 6) is 0. The lowest BCUT2D eigenvalue weighted by Gasteiger charge is -2.10. The van der Waals surface area contributed by atoms with E-state index in [1.807, 2.05) is 10.8 Å². The molecule has 0 radical (unpaired) electrons. The number of hydrogen-bond acceptors (Lipinski definition) is 3. The fraction of sp³-hybridized carbons (Fsp3) is 0.357. The lowest BCUT2D eigenvalue weighted by atomic mass is 10.2. The van der Waals surface area contributed by atoms with E-state index < -0.39 is 0 Å². The molecule has 3 rings (SSSR count). The van der Waals surface area contributed by atoms with Crippen molar-refractivity contribution in [2.24, 2.45) is 0 Å². The molecule has 1 unspecified atom stereocenters. The molecule has 5 heteroatoms. The maximum atomic E-state index is 5.85. The van der Waals surface area contributed by atoms with Crippen LogP contribution in [0.2, 0.25) is 0 Å². The highest BCUT2D eigenvalue weighted by Crippen LogP contribution is 2.14. The van der Waals surface area contributed by atoms with Crippen LogP contribution in [0, 0.1) is 0 Å². The van der Waals surface area contributed by atoms with Gasteiger partial charge in [-0.15, -0.1) is 0 Å². The van der Waals surface area contributed by atoms with Gasteiger partial charge in [0.2, 0.25) is 0 Å². The van der Waals surface area contributed by atoms with Gasteiger partial charge in [0.05, 0.1) is 12.7 Å². The maximum Gasteiger partial charge on any atom is 0.124 e. The van der Waals surface area contributed by atoms with Gasteiger partial charge in [0, 0.05) is 18.4 Å². The van der Waals surface area contributed by atoms with E-state index in [4.69, 9.17) is 4.74 Å². The number of nitrogens with zero attached hydrogens (tertiary/aromatic N) is 2. The van der Waals surface area contributed by atoms with Crippen molar-refractivity contribution in [3.63, 3.8) is 0 Å². The number of nitrogens with one attached hydrogen (secondary N) is 1. The Balaban J connectivity index is 1.62.